The summed E-state index contributed by atoms with van der Waals surface area (Å²) in [4.78, 5) is 1.32. The third-order valence-electron chi connectivity index (χ3n) is 4.76. The van der Waals surface area contributed by atoms with Crippen molar-refractivity contribution in [3.8, 4) is 0 Å². The molecule has 0 aliphatic heterocycles. The Morgan fingerprint density at radius 3 is 2.81 bits per heavy atom. The molecular formula is C18H23NOS. The minimum Gasteiger partial charge on any atom is -0.394 e. The first kappa shape index (κ1) is 14.9. The molecule has 3 N–H and O–H groups in total. The Morgan fingerprint density at radius 2 is 2.00 bits per heavy atom. The van der Waals surface area contributed by atoms with Gasteiger partial charge in [-0.2, -0.15) is 0 Å². The summed E-state index contributed by atoms with van der Waals surface area (Å²) in [6, 6.07) is 15.1. The van der Waals surface area contributed by atoms with Crippen LogP contribution in [0.1, 0.15) is 25.7 Å². The van der Waals surface area contributed by atoms with Crippen molar-refractivity contribution in [2.24, 2.45) is 11.7 Å². The highest BCUT2D eigenvalue weighted by Crippen LogP contribution is 2.37. The molecule has 1 saturated carbocycles. The molecule has 0 amide bonds. The second kappa shape index (κ2) is 6.39. The van der Waals surface area contributed by atoms with Gasteiger partial charge in [0.2, 0.25) is 0 Å². The SMILES string of the molecule is NC1(CO)CCCC1CCSc1ccc2ccccc2c1. The van der Waals surface area contributed by atoms with Gasteiger partial charge in [-0.05, 0) is 53.8 Å². The van der Waals surface area contributed by atoms with Gasteiger partial charge < -0.3 is 10.8 Å². The lowest BCUT2D eigenvalue weighted by atomic mass is 9.87. The van der Waals surface area contributed by atoms with Crippen LogP contribution in [-0.4, -0.2) is 23.0 Å². The monoisotopic (exact) mass is 301 g/mol. The molecule has 0 radical (unpaired) electrons. The molecule has 112 valence electrons. The minimum atomic E-state index is -0.329. The Bertz CT molecular complexity index is 615. The summed E-state index contributed by atoms with van der Waals surface area (Å²) < 4.78 is 0. The highest BCUT2D eigenvalue weighted by atomic mass is 32.2. The molecule has 2 nitrogen and oxygen atoms in total. The Morgan fingerprint density at radius 1 is 1.19 bits per heavy atom. The lowest BCUT2D eigenvalue weighted by molar-refractivity contribution is 0.158. The average molecular weight is 301 g/mol. The molecular weight excluding hydrogens is 278 g/mol. The molecule has 0 heterocycles. The molecule has 0 saturated heterocycles. The van der Waals surface area contributed by atoms with Crippen LogP contribution in [0.2, 0.25) is 0 Å². The fraction of sp³-hybridized carbons (Fsp3) is 0.444. The van der Waals surface area contributed by atoms with Gasteiger partial charge in [-0.3, -0.25) is 0 Å². The maximum absolute atomic E-state index is 9.50. The number of fused-ring (bicyclic) bond motifs is 1. The number of aliphatic hydroxyl groups excluding tert-OH is 1. The van der Waals surface area contributed by atoms with Crippen LogP contribution in [0, 0.1) is 5.92 Å². The molecule has 1 fully saturated rings. The lowest BCUT2D eigenvalue weighted by Gasteiger charge is -2.29. The summed E-state index contributed by atoms with van der Waals surface area (Å²) in [5.41, 5.74) is 5.97. The molecule has 21 heavy (non-hydrogen) atoms. The number of hydrogen-bond donors (Lipinski definition) is 2. The van der Waals surface area contributed by atoms with E-state index in [9.17, 15) is 5.11 Å². The number of benzene rings is 2. The van der Waals surface area contributed by atoms with Crippen LogP contribution < -0.4 is 5.73 Å². The van der Waals surface area contributed by atoms with E-state index in [-0.39, 0.29) is 12.1 Å². The van der Waals surface area contributed by atoms with Crippen molar-refractivity contribution in [2.45, 2.75) is 36.1 Å². The van der Waals surface area contributed by atoms with Gasteiger partial charge in [0.15, 0.2) is 0 Å². The van der Waals surface area contributed by atoms with Gasteiger partial charge in [-0.1, -0.05) is 36.8 Å². The second-order valence-electron chi connectivity index (χ2n) is 6.13. The van der Waals surface area contributed by atoms with E-state index in [1.165, 1.54) is 15.7 Å². The normalized spacial score (nSPS) is 25.5. The summed E-state index contributed by atoms with van der Waals surface area (Å²) in [5.74, 6) is 1.54. The van der Waals surface area contributed by atoms with Gasteiger partial charge in [-0.15, -0.1) is 11.8 Å². The van der Waals surface area contributed by atoms with Crippen LogP contribution >= 0.6 is 11.8 Å². The number of aliphatic hydroxyl groups is 1. The van der Waals surface area contributed by atoms with E-state index in [1.807, 2.05) is 11.8 Å². The van der Waals surface area contributed by atoms with Crippen LogP contribution in [0.3, 0.4) is 0 Å². The quantitative estimate of drug-likeness (QED) is 0.826. The topological polar surface area (TPSA) is 46.2 Å². The maximum Gasteiger partial charge on any atom is 0.0613 e. The largest absolute Gasteiger partial charge is 0.394 e. The van der Waals surface area contributed by atoms with Gasteiger partial charge in [0.05, 0.1) is 6.61 Å². The van der Waals surface area contributed by atoms with E-state index < -0.39 is 0 Å². The van der Waals surface area contributed by atoms with E-state index in [1.54, 1.807) is 0 Å². The second-order valence-corrected chi connectivity index (χ2v) is 7.29. The molecule has 2 aromatic carbocycles. The Balaban J connectivity index is 1.59. The van der Waals surface area contributed by atoms with E-state index in [0.717, 1.165) is 31.4 Å². The minimum absolute atomic E-state index is 0.123. The van der Waals surface area contributed by atoms with Crippen molar-refractivity contribution in [3.63, 3.8) is 0 Å². The van der Waals surface area contributed by atoms with Gasteiger partial charge in [0, 0.05) is 10.4 Å². The zero-order valence-corrected chi connectivity index (χ0v) is 13.1. The van der Waals surface area contributed by atoms with Crippen molar-refractivity contribution in [1.29, 1.82) is 0 Å². The number of hydrogen-bond acceptors (Lipinski definition) is 3. The Hall–Kier alpha value is -1.03. The van der Waals surface area contributed by atoms with E-state index in [4.69, 9.17) is 5.73 Å². The average Bonchev–Trinajstić information content (AvgIpc) is 2.89. The molecule has 2 atom stereocenters. The molecule has 3 rings (SSSR count). The number of nitrogens with two attached hydrogens (primary N) is 1. The van der Waals surface area contributed by atoms with Crippen molar-refractivity contribution >= 4 is 22.5 Å². The molecule has 1 aliphatic carbocycles. The van der Waals surface area contributed by atoms with E-state index in [2.05, 4.69) is 42.5 Å². The maximum atomic E-state index is 9.50. The molecule has 1 aliphatic rings. The summed E-state index contributed by atoms with van der Waals surface area (Å²) >= 11 is 1.90. The summed E-state index contributed by atoms with van der Waals surface area (Å²) in [7, 11) is 0. The van der Waals surface area contributed by atoms with Gasteiger partial charge in [-0.25, -0.2) is 0 Å². The summed E-state index contributed by atoms with van der Waals surface area (Å²) in [5, 5.41) is 12.1. The van der Waals surface area contributed by atoms with Crippen molar-refractivity contribution in [1.82, 2.24) is 0 Å². The summed E-state index contributed by atoms with van der Waals surface area (Å²) in [6.07, 6.45) is 4.38. The smallest absolute Gasteiger partial charge is 0.0613 e. The van der Waals surface area contributed by atoms with Gasteiger partial charge >= 0.3 is 0 Å². The Labute approximate surface area is 130 Å². The fourth-order valence-corrected chi connectivity index (χ4v) is 4.40. The predicted octanol–water partition coefficient (Wildman–Crippen LogP) is 3.81. The van der Waals surface area contributed by atoms with Crippen LogP contribution in [0.5, 0.6) is 0 Å². The summed E-state index contributed by atoms with van der Waals surface area (Å²) in [6.45, 7) is 0.123. The first-order chi connectivity index (χ1) is 10.2. The van der Waals surface area contributed by atoms with Gasteiger partial charge in [0.1, 0.15) is 0 Å². The van der Waals surface area contributed by atoms with Crippen molar-refractivity contribution in [2.75, 3.05) is 12.4 Å². The highest BCUT2D eigenvalue weighted by Gasteiger charge is 2.38. The zero-order chi connectivity index (χ0) is 14.7. The van der Waals surface area contributed by atoms with Gasteiger partial charge in [0.25, 0.3) is 0 Å². The first-order valence-corrected chi connectivity index (χ1v) is 8.71. The third-order valence-corrected chi connectivity index (χ3v) is 5.79. The predicted molar refractivity (Wildman–Crippen MR) is 90.6 cm³/mol. The molecule has 3 heteroatoms. The molecule has 2 unspecified atom stereocenters. The van der Waals surface area contributed by atoms with Crippen LogP contribution in [0.15, 0.2) is 47.4 Å². The first-order valence-electron chi connectivity index (χ1n) is 7.73. The van der Waals surface area contributed by atoms with Crippen LogP contribution in [0.4, 0.5) is 0 Å². The molecule has 2 aromatic rings. The van der Waals surface area contributed by atoms with E-state index in [0.29, 0.717) is 5.92 Å². The van der Waals surface area contributed by atoms with Crippen molar-refractivity contribution < 1.29 is 5.11 Å². The number of rotatable bonds is 5. The zero-order valence-electron chi connectivity index (χ0n) is 12.3. The third kappa shape index (κ3) is 3.25. The Kier molecular flexibility index (Phi) is 4.53. The molecule has 0 spiro atoms. The molecule has 0 bridgehead atoms. The lowest BCUT2D eigenvalue weighted by Crippen LogP contribution is -2.47. The van der Waals surface area contributed by atoms with Crippen LogP contribution in [-0.2, 0) is 0 Å². The van der Waals surface area contributed by atoms with Crippen molar-refractivity contribution in [3.05, 3.63) is 42.5 Å². The van der Waals surface area contributed by atoms with E-state index >= 15 is 0 Å². The highest BCUT2D eigenvalue weighted by molar-refractivity contribution is 7.99. The fourth-order valence-electron chi connectivity index (χ4n) is 3.39. The molecule has 0 aromatic heterocycles. The van der Waals surface area contributed by atoms with Crippen LogP contribution in [0.25, 0.3) is 10.8 Å². The standard InChI is InChI=1S/C18H23NOS/c19-18(13-20)10-3-6-16(18)9-11-21-17-8-7-14-4-1-2-5-15(14)12-17/h1-2,4-5,7-8,12,16,20H,3,6,9-11,13,19H2. The number of thioether (sulfide) groups is 1.